The van der Waals surface area contributed by atoms with Gasteiger partial charge in [0.15, 0.2) is 0 Å². The Labute approximate surface area is 113 Å². The van der Waals surface area contributed by atoms with Gasteiger partial charge in [-0.25, -0.2) is 4.39 Å². The van der Waals surface area contributed by atoms with Crippen LogP contribution in [-0.2, 0) is 19.6 Å². The summed E-state index contributed by atoms with van der Waals surface area (Å²) in [5.74, 6) is -0.154. The summed E-state index contributed by atoms with van der Waals surface area (Å²) in [6.07, 6.45) is 3.36. The molecule has 0 spiro atoms. The standard InChI is InChI=1S/C15H19FN2O/c1-17-8-12-3-4-15(16)14(7-12)10-18(2)9-13-5-6-19-11-13/h3-7,11,17H,8-10H2,1-2H3. The highest BCUT2D eigenvalue weighted by molar-refractivity contribution is 5.25. The fourth-order valence-electron chi connectivity index (χ4n) is 2.10. The zero-order valence-corrected chi connectivity index (χ0v) is 11.3. The highest BCUT2D eigenvalue weighted by Gasteiger charge is 2.08. The first-order chi connectivity index (χ1) is 9.19. The molecule has 0 amide bonds. The minimum absolute atomic E-state index is 0.154. The van der Waals surface area contributed by atoms with E-state index < -0.39 is 0 Å². The van der Waals surface area contributed by atoms with E-state index in [4.69, 9.17) is 4.42 Å². The molecule has 0 aliphatic carbocycles. The predicted octanol–water partition coefficient (Wildman–Crippen LogP) is 2.77. The molecule has 1 heterocycles. The number of halogens is 1. The first kappa shape index (κ1) is 13.8. The zero-order chi connectivity index (χ0) is 13.7. The van der Waals surface area contributed by atoms with Crippen molar-refractivity contribution < 1.29 is 8.81 Å². The summed E-state index contributed by atoms with van der Waals surface area (Å²) >= 11 is 0. The number of nitrogens with zero attached hydrogens (tertiary/aromatic N) is 1. The highest BCUT2D eigenvalue weighted by Crippen LogP contribution is 2.14. The highest BCUT2D eigenvalue weighted by atomic mass is 19.1. The molecule has 4 heteroatoms. The molecule has 0 saturated carbocycles. The third-order valence-corrected chi connectivity index (χ3v) is 2.96. The largest absolute Gasteiger partial charge is 0.472 e. The van der Waals surface area contributed by atoms with Gasteiger partial charge in [0.25, 0.3) is 0 Å². The van der Waals surface area contributed by atoms with Gasteiger partial charge in [0, 0.05) is 30.8 Å². The second-order valence-corrected chi connectivity index (χ2v) is 4.76. The number of rotatable bonds is 6. The average Bonchev–Trinajstić information content (AvgIpc) is 2.86. The van der Waals surface area contributed by atoms with Crippen molar-refractivity contribution in [3.63, 3.8) is 0 Å². The first-order valence-electron chi connectivity index (χ1n) is 6.30. The fourth-order valence-corrected chi connectivity index (χ4v) is 2.10. The lowest BCUT2D eigenvalue weighted by atomic mass is 10.1. The Kier molecular flexibility index (Phi) is 4.71. The molecule has 0 bridgehead atoms. The monoisotopic (exact) mass is 262 g/mol. The van der Waals surface area contributed by atoms with Gasteiger partial charge in [-0.1, -0.05) is 12.1 Å². The Balaban J connectivity index is 2.02. The number of hydrogen-bond acceptors (Lipinski definition) is 3. The van der Waals surface area contributed by atoms with Gasteiger partial charge in [0.05, 0.1) is 12.5 Å². The summed E-state index contributed by atoms with van der Waals surface area (Å²) in [7, 11) is 3.85. The normalized spacial score (nSPS) is 11.2. The molecule has 0 saturated heterocycles. The van der Waals surface area contributed by atoms with E-state index in [0.717, 1.165) is 29.8 Å². The van der Waals surface area contributed by atoms with E-state index >= 15 is 0 Å². The molecule has 1 aromatic heterocycles. The molecule has 0 atom stereocenters. The van der Waals surface area contributed by atoms with Crippen LogP contribution in [0.3, 0.4) is 0 Å². The quantitative estimate of drug-likeness (QED) is 0.867. The summed E-state index contributed by atoms with van der Waals surface area (Å²) in [5, 5.41) is 3.07. The van der Waals surface area contributed by atoms with Crippen LogP contribution in [0, 0.1) is 5.82 Å². The van der Waals surface area contributed by atoms with Crippen LogP contribution in [0.5, 0.6) is 0 Å². The van der Waals surface area contributed by atoms with Crippen LogP contribution in [0.25, 0.3) is 0 Å². The Morgan fingerprint density at radius 2 is 2.05 bits per heavy atom. The van der Waals surface area contributed by atoms with Gasteiger partial charge in [0.1, 0.15) is 5.82 Å². The maximum Gasteiger partial charge on any atom is 0.127 e. The lowest BCUT2D eigenvalue weighted by Crippen LogP contribution is -2.18. The van der Waals surface area contributed by atoms with Gasteiger partial charge < -0.3 is 9.73 Å². The molecule has 2 rings (SSSR count). The van der Waals surface area contributed by atoms with E-state index in [2.05, 4.69) is 10.2 Å². The van der Waals surface area contributed by atoms with Crippen LogP contribution in [0.1, 0.15) is 16.7 Å². The van der Waals surface area contributed by atoms with E-state index in [9.17, 15) is 4.39 Å². The van der Waals surface area contributed by atoms with Gasteiger partial charge in [-0.2, -0.15) is 0 Å². The van der Waals surface area contributed by atoms with E-state index in [0.29, 0.717) is 6.54 Å². The first-order valence-corrected chi connectivity index (χ1v) is 6.30. The van der Waals surface area contributed by atoms with Crippen LogP contribution in [0.2, 0.25) is 0 Å². The molecule has 19 heavy (non-hydrogen) atoms. The van der Waals surface area contributed by atoms with E-state index in [-0.39, 0.29) is 5.82 Å². The molecule has 0 radical (unpaired) electrons. The molecule has 0 unspecified atom stereocenters. The molecule has 1 aromatic carbocycles. The molecule has 0 fully saturated rings. The van der Waals surface area contributed by atoms with E-state index in [1.54, 1.807) is 12.5 Å². The minimum Gasteiger partial charge on any atom is -0.472 e. The van der Waals surface area contributed by atoms with Crippen LogP contribution >= 0.6 is 0 Å². The third kappa shape index (κ3) is 3.91. The molecule has 0 aliphatic rings. The van der Waals surface area contributed by atoms with Crippen molar-refractivity contribution in [2.75, 3.05) is 14.1 Å². The van der Waals surface area contributed by atoms with Crippen molar-refractivity contribution in [1.82, 2.24) is 10.2 Å². The van der Waals surface area contributed by atoms with Crippen LogP contribution in [-0.4, -0.2) is 19.0 Å². The topological polar surface area (TPSA) is 28.4 Å². The summed E-state index contributed by atoms with van der Waals surface area (Å²) in [5.41, 5.74) is 2.91. The number of hydrogen-bond donors (Lipinski definition) is 1. The van der Waals surface area contributed by atoms with Crippen molar-refractivity contribution in [3.8, 4) is 0 Å². The minimum atomic E-state index is -0.154. The third-order valence-electron chi connectivity index (χ3n) is 2.96. The molecule has 3 nitrogen and oxygen atoms in total. The molecular weight excluding hydrogens is 243 g/mol. The molecule has 2 aromatic rings. The van der Waals surface area contributed by atoms with Gasteiger partial charge >= 0.3 is 0 Å². The Bertz CT molecular complexity index is 511. The smallest absolute Gasteiger partial charge is 0.127 e. The molecule has 0 aliphatic heterocycles. The van der Waals surface area contributed by atoms with Gasteiger partial charge in [-0.15, -0.1) is 0 Å². The molecule has 102 valence electrons. The van der Waals surface area contributed by atoms with Gasteiger partial charge in [-0.3, -0.25) is 4.90 Å². The van der Waals surface area contributed by atoms with Crippen molar-refractivity contribution in [2.24, 2.45) is 0 Å². The van der Waals surface area contributed by atoms with Gasteiger partial charge in [0.2, 0.25) is 0 Å². The van der Waals surface area contributed by atoms with E-state index in [1.165, 1.54) is 6.07 Å². The second-order valence-electron chi connectivity index (χ2n) is 4.76. The second kappa shape index (κ2) is 6.50. The number of nitrogens with one attached hydrogen (secondary N) is 1. The summed E-state index contributed by atoms with van der Waals surface area (Å²) in [6.45, 7) is 2.07. The number of benzene rings is 1. The fraction of sp³-hybridized carbons (Fsp3) is 0.333. The van der Waals surface area contributed by atoms with Crippen molar-refractivity contribution in [2.45, 2.75) is 19.6 Å². The maximum atomic E-state index is 13.8. The lowest BCUT2D eigenvalue weighted by molar-refractivity contribution is 0.312. The predicted molar refractivity (Wildman–Crippen MR) is 73.0 cm³/mol. The summed E-state index contributed by atoms with van der Waals surface area (Å²) in [4.78, 5) is 2.06. The van der Waals surface area contributed by atoms with Crippen molar-refractivity contribution >= 4 is 0 Å². The van der Waals surface area contributed by atoms with E-state index in [1.807, 2.05) is 32.3 Å². The Morgan fingerprint density at radius 1 is 1.21 bits per heavy atom. The maximum absolute atomic E-state index is 13.8. The number of furan rings is 1. The lowest BCUT2D eigenvalue weighted by Gasteiger charge is -2.16. The van der Waals surface area contributed by atoms with Crippen LogP contribution in [0.15, 0.2) is 41.2 Å². The Morgan fingerprint density at radius 3 is 2.74 bits per heavy atom. The average molecular weight is 262 g/mol. The zero-order valence-electron chi connectivity index (χ0n) is 11.3. The van der Waals surface area contributed by atoms with Gasteiger partial charge in [-0.05, 0) is 31.8 Å². The van der Waals surface area contributed by atoms with Crippen LogP contribution < -0.4 is 5.32 Å². The summed E-state index contributed by atoms with van der Waals surface area (Å²) in [6, 6.07) is 7.18. The van der Waals surface area contributed by atoms with Crippen molar-refractivity contribution in [1.29, 1.82) is 0 Å². The van der Waals surface area contributed by atoms with Crippen molar-refractivity contribution in [3.05, 3.63) is 59.3 Å². The summed E-state index contributed by atoms with van der Waals surface area (Å²) < 4.78 is 18.8. The van der Waals surface area contributed by atoms with Crippen LogP contribution in [0.4, 0.5) is 4.39 Å². The Hall–Kier alpha value is -1.65. The SMILES string of the molecule is CNCc1ccc(F)c(CN(C)Cc2ccoc2)c1. The molecular formula is C15H19FN2O. The molecule has 1 N–H and O–H groups in total.